The number of piperazine rings is 1. The van der Waals surface area contributed by atoms with Crippen molar-refractivity contribution in [3.05, 3.63) is 0 Å². The first-order valence-corrected chi connectivity index (χ1v) is 5.10. The summed E-state index contributed by atoms with van der Waals surface area (Å²) in [5, 5.41) is 3.63. The lowest BCUT2D eigenvalue weighted by molar-refractivity contribution is -0.0531. The Balaban J connectivity index is 3.00. The first kappa shape index (κ1) is 11.0. The zero-order chi connectivity index (χ0) is 10.5. The van der Waals surface area contributed by atoms with E-state index in [4.69, 9.17) is 0 Å². The molecule has 0 aromatic heterocycles. The molecule has 1 N–H and O–H groups in total. The van der Waals surface area contributed by atoms with Gasteiger partial charge in [-0.3, -0.25) is 4.90 Å². The van der Waals surface area contributed by atoms with E-state index >= 15 is 0 Å². The molecule has 0 atom stereocenters. The normalized spacial score (nSPS) is 31.6. The Hall–Kier alpha value is -0.0800. The van der Waals surface area contributed by atoms with Gasteiger partial charge in [0.2, 0.25) is 0 Å². The largest absolute Gasteiger partial charge is 0.308 e. The fourth-order valence-corrected chi connectivity index (χ4v) is 1.95. The maximum Gasteiger partial charge on any atom is 0.0332 e. The molecule has 0 unspecified atom stereocenters. The molecule has 1 rings (SSSR count). The molecular formula is C11H24N2. The summed E-state index contributed by atoms with van der Waals surface area (Å²) in [7, 11) is 2.22. The summed E-state index contributed by atoms with van der Waals surface area (Å²) >= 11 is 0. The van der Waals surface area contributed by atoms with Crippen molar-refractivity contribution < 1.29 is 0 Å². The molecule has 13 heavy (non-hydrogen) atoms. The predicted molar refractivity (Wildman–Crippen MR) is 58.0 cm³/mol. The van der Waals surface area contributed by atoms with Gasteiger partial charge in [0.05, 0.1) is 0 Å². The van der Waals surface area contributed by atoms with Gasteiger partial charge in [-0.2, -0.15) is 0 Å². The molecule has 1 fully saturated rings. The molecule has 1 aliphatic heterocycles. The fourth-order valence-electron chi connectivity index (χ4n) is 1.95. The molecule has 0 aromatic carbocycles. The van der Waals surface area contributed by atoms with Gasteiger partial charge in [-0.05, 0) is 48.6 Å². The second kappa shape index (κ2) is 2.71. The quantitative estimate of drug-likeness (QED) is 0.618. The standard InChI is InChI=1S/C11H24N2/c1-9(2)8-12-10(3,4)11(5,6)13(9)7/h12H,8H2,1-7H3. The number of hydrogen-bond acceptors (Lipinski definition) is 2. The summed E-state index contributed by atoms with van der Waals surface area (Å²) in [5.41, 5.74) is 0.616. The lowest BCUT2D eigenvalue weighted by atomic mass is 9.75. The summed E-state index contributed by atoms with van der Waals surface area (Å²) in [4.78, 5) is 2.48. The number of nitrogens with zero attached hydrogens (tertiary/aromatic N) is 1. The van der Waals surface area contributed by atoms with Crippen LogP contribution >= 0.6 is 0 Å². The van der Waals surface area contributed by atoms with Crippen molar-refractivity contribution in [1.82, 2.24) is 10.2 Å². The lowest BCUT2D eigenvalue weighted by Gasteiger charge is -2.59. The second-order valence-corrected chi connectivity index (χ2v) is 5.91. The average Bonchev–Trinajstić information content (AvgIpc) is 1.97. The van der Waals surface area contributed by atoms with Crippen LogP contribution in [0.5, 0.6) is 0 Å². The SMILES string of the molecule is CN1C(C)(C)CNC(C)(C)C1(C)C. The smallest absolute Gasteiger partial charge is 0.0332 e. The summed E-state index contributed by atoms with van der Waals surface area (Å²) in [6.07, 6.45) is 0. The first-order chi connectivity index (χ1) is 5.61. The second-order valence-electron chi connectivity index (χ2n) is 5.91. The fraction of sp³-hybridized carbons (Fsp3) is 1.00. The van der Waals surface area contributed by atoms with Gasteiger partial charge >= 0.3 is 0 Å². The molecule has 2 heteroatoms. The van der Waals surface area contributed by atoms with Crippen LogP contribution in [0.1, 0.15) is 41.5 Å². The van der Waals surface area contributed by atoms with Gasteiger partial charge in [-0.1, -0.05) is 0 Å². The topological polar surface area (TPSA) is 15.3 Å². The van der Waals surface area contributed by atoms with Crippen molar-refractivity contribution in [3.63, 3.8) is 0 Å². The van der Waals surface area contributed by atoms with Crippen LogP contribution < -0.4 is 5.32 Å². The van der Waals surface area contributed by atoms with E-state index in [2.05, 4.69) is 58.8 Å². The highest BCUT2D eigenvalue weighted by atomic mass is 15.3. The first-order valence-electron chi connectivity index (χ1n) is 5.10. The average molecular weight is 184 g/mol. The van der Waals surface area contributed by atoms with Gasteiger partial charge in [0.25, 0.3) is 0 Å². The predicted octanol–water partition coefficient (Wildman–Crippen LogP) is 1.86. The molecule has 2 nitrogen and oxygen atoms in total. The summed E-state index contributed by atoms with van der Waals surface area (Å²) in [6, 6.07) is 0. The molecule has 1 aliphatic rings. The van der Waals surface area contributed by atoms with E-state index in [9.17, 15) is 0 Å². The molecule has 0 bridgehead atoms. The van der Waals surface area contributed by atoms with Crippen molar-refractivity contribution in [2.24, 2.45) is 0 Å². The van der Waals surface area contributed by atoms with Crippen molar-refractivity contribution in [2.45, 2.75) is 58.2 Å². The van der Waals surface area contributed by atoms with Gasteiger partial charge in [0.15, 0.2) is 0 Å². The van der Waals surface area contributed by atoms with Crippen LogP contribution in [0.4, 0.5) is 0 Å². The van der Waals surface area contributed by atoms with Gasteiger partial charge in [-0.15, -0.1) is 0 Å². The van der Waals surface area contributed by atoms with E-state index in [-0.39, 0.29) is 16.6 Å². The van der Waals surface area contributed by atoms with Crippen LogP contribution in [0.3, 0.4) is 0 Å². The highest BCUT2D eigenvalue weighted by Crippen LogP contribution is 2.36. The van der Waals surface area contributed by atoms with Crippen molar-refractivity contribution in [1.29, 1.82) is 0 Å². The third kappa shape index (κ3) is 1.50. The molecule has 0 aliphatic carbocycles. The van der Waals surface area contributed by atoms with E-state index in [0.29, 0.717) is 0 Å². The van der Waals surface area contributed by atoms with Crippen LogP contribution in [-0.2, 0) is 0 Å². The maximum atomic E-state index is 3.63. The van der Waals surface area contributed by atoms with Gasteiger partial charge in [0, 0.05) is 23.2 Å². The molecule has 78 valence electrons. The Labute approximate surface area is 82.7 Å². The van der Waals surface area contributed by atoms with Gasteiger partial charge in [-0.25, -0.2) is 0 Å². The zero-order valence-corrected chi connectivity index (χ0v) is 10.2. The van der Waals surface area contributed by atoms with Crippen LogP contribution in [0.15, 0.2) is 0 Å². The molecule has 0 radical (unpaired) electrons. The Morgan fingerprint density at radius 2 is 1.46 bits per heavy atom. The summed E-state index contributed by atoms with van der Waals surface area (Å²) < 4.78 is 0. The van der Waals surface area contributed by atoms with E-state index in [1.807, 2.05) is 0 Å². The maximum absolute atomic E-state index is 3.63. The number of nitrogens with one attached hydrogen (secondary N) is 1. The minimum Gasteiger partial charge on any atom is -0.308 e. The third-order valence-electron chi connectivity index (χ3n) is 4.24. The van der Waals surface area contributed by atoms with Gasteiger partial charge < -0.3 is 5.32 Å². The van der Waals surface area contributed by atoms with Crippen molar-refractivity contribution >= 4 is 0 Å². The minimum absolute atomic E-state index is 0.178. The van der Waals surface area contributed by atoms with Gasteiger partial charge in [0.1, 0.15) is 0 Å². The number of likely N-dealkylation sites (N-methyl/N-ethyl adjacent to an activating group) is 1. The van der Waals surface area contributed by atoms with Crippen LogP contribution in [0.2, 0.25) is 0 Å². The van der Waals surface area contributed by atoms with Crippen LogP contribution in [-0.4, -0.2) is 35.1 Å². The Morgan fingerprint density at radius 1 is 1.00 bits per heavy atom. The minimum atomic E-state index is 0.178. The van der Waals surface area contributed by atoms with Crippen LogP contribution in [0, 0.1) is 0 Å². The Morgan fingerprint density at radius 3 is 1.85 bits per heavy atom. The third-order valence-corrected chi connectivity index (χ3v) is 4.24. The van der Waals surface area contributed by atoms with Crippen LogP contribution in [0.25, 0.3) is 0 Å². The van der Waals surface area contributed by atoms with E-state index in [0.717, 1.165) is 6.54 Å². The number of rotatable bonds is 0. The van der Waals surface area contributed by atoms with Crippen molar-refractivity contribution in [2.75, 3.05) is 13.6 Å². The molecular weight excluding hydrogens is 160 g/mol. The molecule has 0 amide bonds. The molecule has 1 saturated heterocycles. The molecule has 1 heterocycles. The summed E-state index contributed by atoms with van der Waals surface area (Å²) in [6.45, 7) is 14.8. The van der Waals surface area contributed by atoms with E-state index in [1.165, 1.54) is 0 Å². The van der Waals surface area contributed by atoms with Crippen molar-refractivity contribution in [3.8, 4) is 0 Å². The van der Waals surface area contributed by atoms with E-state index in [1.54, 1.807) is 0 Å². The highest BCUT2D eigenvalue weighted by Gasteiger charge is 2.49. The Kier molecular flexibility index (Phi) is 2.29. The molecule has 0 spiro atoms. The lowest BCUT2D eigenvalue weighted by Crippen LogP contribution is -2.75. The monoisotopic (exact) mass is 184 g/mol. The Bertz CT molecular complexity index is 204. The molecule has 0 saturated carbocycles. The highest BCUT2D eigenvalue weighted by molar-refractivity contribution is 5.09. The summed E-state index contributed by atoms with van der Waals surface area (Å²) in [5.74, 6) is 0. The number of hydrogen-bond donors (Lipinski definition) is 1. The molecule has 0 aromatic rings. The zero-order valence-electron chi connectivity index (χ0n) is 10.2. The van der Waals surface area contributed by atoms with E-state index < -0.39 is 0 Å².